The first-order valence-corrected chi connectivity index (χ1v) is 8.61. The Morgan fingerprint density at radius 1 is 1.00 bits per heavy atom. The van der Waals surface area contributed by atoms with E-state index >= 15 is 0 Å². The smallest absolute Gasteiger partial charge is 0.325 e. The van der Waals surface area contributed by atoms with Crippen molar-refractivity contribution in [3.05, 3.63) is 83.6 Å². The van der Waals surface area contributed by atoms with Crippen LogP contribution in [0.15, 0.2) is 65.1 Å². The number of rotatable bonds is 5. The lowest BCUT2D eigenvalue weighted by molar-refractivity contribution is -0.132. The van der Waals surface area contributed by atoms with E-state index in [0.717, 1.165) is 16.0 Å². The van der Waals surface area contributed by atoms with Crippen molar-refractivity contribution >= 4 is 11.9 Å². The zero-order valence-electron chi connectivity index (χ0n) is 14.8. The molecule has 0 saturated carbocycles. The minimum atomic E-state index is -1.17. The third kappa shape index (κ3) is 3.08. The van der Waals surface area contributed by atoms with Crippen molar-refractivity contribution in [2.75, 3.05) is 0 Å². The van der Waals surface area contributed by atoms with Gasteiger partial charge >= 0.3 is 6.03 Å². The first-order chi connectivity index (χ1) is 13.1. The molecule has 1 saturated heterocycles. The van der Waals surface area contributed by atoms with Gasteiger partial charge in [-0.1, -0.05) is 60.7 Å². The van der Waals surface area contributed by atoms with Gasteiger partial charge in [-0.05, 0) is 11.1 Å². The van der Waals surface area contributed by atoms with Crippen molar-refractivity contribution in [3.8, 4) is 0 Å². The number of hydrogen-bond acceptors (Lipinski definition) is 5. The molecule has 1 N–H and O–H groups in total. The molecule has 7 heteroatoms. The average Bonchev–Trinajstić information content (AvgIpc) is 3.20. The summed E-state index contributed by atoms with van der Waals surface area (Å²) >= 11 is 0. The fraction of sp³-hybridized carbons (Fsp3) is 0.200. The SMILES string of the molecule is Cc1nnc(CN2C(=O)NC(Cc3ccccc3)(c3ccccc3)C2=O)o1. The minimum Gasteiger partial charge on any atom is -0.424 e. The van der Waals surface area contributed by atoms with Gasteiger partial charge in [0.15, 0.2) is 5.54 Å². The van der Waals surface area contributed by atoms with Crippen molar-refractivity contribution < 1.29 is 14.0 Å². The molecule has 7 nitrogen and oxygen atoms in total. The highest BCUT2D eigenvalue weighted by atomic mass is 16.4. The molecule has 27 heavy (non-hydrogen) atoms. The average molecular weight is 362 g/mol. The highest BCUT2D eigenvalue weighted by Crippen LogP contribution is 2.33. The Labute approximate surface area is 156 Å². The van der Waals surface area contributed by atoms with Crippen LogP contribution in [0.3, 0.4) is 0 Å². The van der Waals surface area contributed by atoms with Crippen LogP contribution in [0.5, 0.6) is 0 Å². The Morgan fingerprint density at radius 2 is 1.67 bits per heavy atom. The van der Waals surface area contributed by atoms with Crippen LogP contribution in [0.1, 0.15) is 22.9 Å². The lowest BCUT2D eigenvalue weighted by Crippen LogP contribution is -2.46. The number of nitrogens with zero attached hydrogens (tertiary/aromatic N) is 3. The van der Waals surface area contributed by atoms with Gasteiger partial charge in [-0.25, -0.2) is 4.79 Å². The summed E-state index contributed by atoms with van der Waals surface area (Å²) in [6.07, 6.45) is 0.349. The summed E-state index contributed by atoms with van der Waals surface area (Å²) in [5.41, 5.74) is 0.510. The summed E-state index contributed by atoms with van der Waals surface area (Å²) in [5.74, 6) is 0.272. The maximum Gasteiger partial charge on any atom is 0.325 e. The van der Waals surface area contributed by atoms with Crippen LogP contribution in [0.25, 0.3) is 0 Å². The highest BCUT2D eigenvalue weighted by Gasteiger charge is 2.52. The molecule has 4 rings (SSSR count). The summed E-state index contributed by atoms with van der Waals surface area (Å²) in [4.78, 5) is 27.2. The van der Waals surface area contributed by atoms with Crippen molar-refractivity contribution in [2.45, 2.75) is 25.4 Å². The molecule has 2 aromatic carbocycles. The first-order valence-electron chi connectivity index (χ1n) is 8.61. The Hall–Kier alpha value is -3.48. The van der Waals surface area contributed by atoms with Crippen LogP contribution < -0.4 is 5.32 Å². The molecule has 1 aliphatic heterocycles. The van der Waals surface area contributed by atoms with Crippen LogP contribution in [0.2, 0.25) is 0 Å². The molecular formula is C20H18N4O3. The number of benzene rings is 2. The molecule has 0 spiro atoms. The molecule has 1 aromatic heterocycles. The highest BCUT2D eigenvalue weighted by molar-refractivity contribution is 6.07. The van der Waals surface area contributed by atoms with E-state index in [4.69, 9.17) is 4.42 Å². The van der Waals surface area contributed by atoms with Gasteiger partial charge in [0.2, 0.25) is 11.8 Å². The van der Waals surface area contributed by atoms with Gasteiger partial charge in [-0.2, -0.15) is 0 Å². The zero-order valence-corrected chi connectivity index (χ0v) is 14.8. The number of carbonyl (C=O) groups is 2. The molecule has 0 bridgehead atoms. The topological polar surface area (TPSA) is 88.3 Å². The Morgan fingerprint density at radius 3 is 2.30 bits per heavy atom. The lowest BCUT2D eigenvalue weighted by atomic mass is 9.83. The van der Waals surface area contributed by atoms with Crippen LogP contribution in [0.4, 0.5) is 4.79 Å². The van der Waals surface area contributed by atoms with E-state index in [0.29, 0.717) is 12.3 Å². The quantitative estimate of drug-likeness (QED) is 0.705. The fourth-order valence-corrected chi connectivity index (χ4v) is 3.35. The Kier molecular flexibility index (Phi) is 4.19. The minimum absolute atomic E-state index is 0.0606. The number of urea groups is 1. The lowest BCUT2D eigenvalue weighted by Gasteiger charge is -2.27. The van der Waals surface area contributed by atoms with Gasteiger partial charge in [0, 0.05) is 13.3 Å². The summed E-state index contributed by atoms with van der Waals surface area (Å²) in [5, 5.41) is 10.6. The molecule has 0 aliphatic carbocycles. The number of imide groups is 1. The number of aryl methyl sites for hydroxylation is 1. The summed E-state index contributed by atoms with van der Waals surface area (Å²) in [6.45, 7) is 1.60. The van der Waals surface area contributed by atoms with Gasteiger partial charge in [0.05, 0.1) is 0 Å². The van der Waals surface area contributed by atoms with E-state index in [-0.39, 0.29) is 18.3 Å². The van der Waals surface area contributed by atoms with Crippen molar-refractivity contribution in [1.29, 1.82) is 0 Å². The second-order valence-electron chi connectivity index (χ2n) is 6.47. The first kappa shape index (κ1) is 17.0. The third-order valence-electron chi connectivity index (χ3n) is 4.62. The number of nitrogens with one attached hydrogen (secondary N) is 1. The normalized spacial score (nSPS) is 19.4. The van der Waals surface area contributed by atoms with Gasteiger partial charge in [-0.3, -0.25) is 9.69 Å². The zero-order chi connectivity index (χ0) is 18.9. The molecule has 3 aromatic rings. The summed E-state index contributed by atoms with van der Waals surface area (Å²) in [7, 11) is 0. The third-order valence-corrected chi connectivity index (χ3v) is 4.62. The molecule has 1 fully saturated rings. The molecular weight excluding hydrogens is 344 g/mol. The van der Waals surface area contributed by atoms with E-state index in [1.54, 1.807) is 6.92 Å². The van der Waals surface area contributed by atoms with E-state index in [2.05, 4.69) is 15.5 Å². The van der Waals surface area contributed by atoms with Gasteiger partial charge in [-0.15, -0.1) is 10.2 Å². The summed E-state index contributed by atoms with van der Waals surface area (Å²) < 4.78 is 5.34. The van der Waals surface area contributed by atoms with Gasteiger partial charge in [0.25, 0.3) is 5.91 Å². The monoisotopic (exact) mass is 362 g/mol. The largest absolute Gasteiger partial charge is 0.424 e. The molecule has 1 aliphatic rings. The molecule has 136 valence electrons. The molecule has 2 heterocycles. The summed E-state index contributed by atoms with van der Waals surface area (Å²) in [6, 6.07) is 18.4. The number of amides is 3. The van der Waals surface area contributed by atoms with E-state index in [1.807, 2.05) is 60.7 Å². The predicted octanol–water partition coefficient (Wildman–Crippen LogP) is 2.57. The fourth-order valence-electron chi connectivity index (χ4n) is 3.35. The van der Waals surface area contributed by atoms with Crippen LogP contribution in [0, 0.1) is 6.92 Å². The van der Waals surface area contributed by atoms with Crippen molar-refractivity contribution in [3.63, 3.8) is 0 Å². The number of carbonyl (C=O) groups excluding carboxylic acids is 2. The maximum atomic E-state index is 13.4. The van der Waals surface area contributed by atoms with Gasteiger partial charge in [0.1, 0.15) is 6.54 Å². The maximum absolute atomic E-state index is 13.4. The molecule has 3 amide bonds. The predicted molar refractivity (Wildman–Crippen MR) is 96.4 cm³/mol. The Balaban J connectivity index is 1.72. The van der Waals surface area contributed by atoms with Crippen molar-refractivity contribution in [1.82, 2.24) is 20.4 Å². The molecule has 1 unspecified atom stereocenters. The second-order valence-corrected chi connectivity index (χ2v) is 6.47. The van der Waals surface area contributed by atoms with Crippen molar-refractivity contribution in [2.24, 2.45) is 0 Å². The van der Waals surface area contributed by atoms with Crippen LogP contribution in [-0.2, 0) is 23.3 Å². The standard InChI is InChI=1S/C20H18N4O3/c1-14-22-23-17(27-14)13-24-18(25)20(21-19(24)26,16-10-6-3-7-11-16)12-15-8-4-2-5-9-15/h2-11H,12-13H2,1H3,(H,21,26). The van der Waals surface area contributed by atoms with E-state index in [1.165, 1.54) is 0 Å². The van der Waals surface area contributed by atoms with Gasteiger partial charge < -0.3 is 9.73 Å². The second kappa shape index (κ2) is 6.68. The number of aromatic nitrogens is 2. The Bertz CT molecular complexity index is 971. The van der Waals surface area contributed by atoms with Crippen LogP contribution in [-0.4, -0.2) is 27.0 Å². The van der Waals surface area contributed by atoms with E-state index < -0.39 is 11.6 Å². The molecule has 0 radical (unpaired) electrons. The van der Waals surface area contributed by atoms with Crippen LogP contribution >= 0.6 is 0 Å². The van der Waals surface area contributed by atoms with E-state index in [9.17, 15) is 9.59 Å². The molecule has 1 atom stereocenters. The number of hydrogen-bond donors (Lipinski definition) is 1.